The van der Waals surface area contributed by atoms with Crippen LogP contribution in [0.15, 0.2) is 30.3 Å². The Kier molecular flexibility index (Phi) is 5.97. The summed E-state index contributed by atoms with van der Waals surface area (Å²) in [5.74, 6) is 0.0270. The lowest BCUT2D eigenvalue weighted by Crippen LogP contribution is -2.56. The molecule has 0 bridgehead atoms. The van der Waals surface area contributed by atoms with Crippen LogP contribution in [-0.2, 0) is 20.9 Å². The maximum absolute atomic E-state index is 13.1. The molecule has 1 aliphatic heterocycles. The second kappa shape index (κ2) is 8.21. The van der Waals surface area contributed by atoms with E-state index in [-0.39, 0.29) is 11.8 Å². The molecular weight excluding hydrogens is 328 g/mol. The van der Waals surface area contributed by atoms with Gasteiger partial charge in [-0.05, 0) is 37.7 Å². The van der Waals surface area contributed by atoms with E-state index >= 15 is 0 Å². The topological polar surface area (TPSA) is 49.9 Å². The van der Waals surface area contributed by atoms with Crippen LogP contribution in [0.4, 0.5) is 0 Å². The molecule has 0 unspecified atom stereocenters. The number of nitrogens with zero attached hydrogens (tertiary/aromatic N) is 2. The van der Waals surface area contributed by atoms with Gasteiger partial charge < -0.3 is 9.64 Å². The summed E-state index contributed by atoms with van der Waals surface area (Å²) in [7, 11) is 1.81. The normalized spacial score (nSPS) is 21.8. The summed E-state index contributed by atoms with van der Waals surface area (Å²) in [6.07, 6.45) is 6.22. The highest BCUT2D eigenvalue weighted by Crippen LogP contribution is 2.41. The van der Waals surface area contributed by atoms with Crippen molar-refractivity contribution in [2.75, 3.05) is 13.7 Å². The molecule has 0 N–H and O–H groups in total. The minimum atomic E-state index is -0.557. The molecule has 0 aromatic heterocycles. The van der Waals surface area contributed by atoms with Gasteiger partial charge in [0.05, 0.1) is 6.61 Å². The Labute approximate surface area is 156 Å². The molecule has 2 fully saturated rings. The number of ether oxygens (including phenoxy) is 1. The van der Waals surface area contributed by atoms with Crippen molar-refractivity contribution in [2.24, 2.45) is 0 Å². The first-order valence-electron chi connectivity index (χ1n) is 9.82. The molecule has 0 radical (unpaired) electrons. The van der Waals surface area contributed by atoms with Gasteiger partial charge in [-0.3, -0.25) is 14.5 Å². The predicted molar refractivity (Wildman–Crippen MR) is 100 cm³/mol. The highest BCUT2D eigenvalue weighted by molar-refractivity contribution is 5.88. The number of likely N-dealkylation sites (N-methyl/N-ethyl adjacent to an activating group) is 1. The monoisotopic (exact) mass is 358 g/mol. The first-order chi connectivity index (χ1) is 12.6. The number of benzene rings is 1. The van der Waals surface area contributed by atoms with Gasteiger partial charge in [0.25, 0.3) is 0 Å². The molecule has 142 valence electrons. The molecule has 3 rings (SSSR count). The van der Waals surface area contributed by atoms with Gasteiger partial charge in [-0.25, -0.2) is 0 Å². The average molecular weight is 358 g/mol. The van der Waals surface area contributed by atoms with Gasteiger partial charge in [0.15, 0.2) is 0 Å². The molecule has 5 nitrogen and oxygen atoms in total. The molecule has 26 heavy (non-hydrogen) atoms. The zero-order chi connectivity index (χ0) is 18.6. The van der Waals surface area contributed by atoms with E-state index in [0.29, 0.717) is 19.6 Å². The summed E-state index contributed by atoms with van der Waals surface area (Å²) in [5.41, 5.74) is 0.527. The Morgan fingerprint density at radius 2 is 1.88 bits per heavy atom. The average Bonchev–Trinajstić information content (AvgIpc) is 3.01. The molecule has 1 saturated heterocycles. The minimum Gasteiger partial charge on any atom is -0.353 e. The van der Waals surface area contributed by atoms with Gasteiger partial charge in [-0.15, -0.1) is 0 Å². The molecule has 1 atom stereocenters. The molecular formula is C21H30N2O3. The molecule has 2 aliphatic rings. The smallest absolute Gasteiger partial charge is 0.247 e. The van der Waals surface area contributed by atoms with Gasteiger partial charge in [-0.1, -0.05) is 43.7 Å². The van der Waals surface area contributed by atoms with E-state index in [1.165, 1.54) is 6.42 Å². The maximum Gasteiger partial charge on any atom is 0.247 e. The standard InChI is InChI=1S/C21H30N2O3/c1-3-10-19(24)23-18(16-26-21(23)13-8-5-9-14-21)20(25)22(2)15-17-11-6-4-7-12-17/h4,6-7,11-12,18H,3,5,8-10,13-16H2,1-2H3/t18-/m1/s1. The van der Waals surface area contributed by atoms with Crippen LogP contribution in [0, 0.1) is 0 Å². The highest BCUT2D eigenvalue weighted by Gasteiger charge is 2.52. The van der Waals surface area contributed by atoms with Crippen molar-refractivity contribution in [3.8, 4) is 0 Å². The zero-order valence-corrected chi connectivity index (χ0v) is 15.9. The van der Waals surface area contributed by atoms with Gasteiger partial charge in [0, 0.05) is 20.0 Å². The van der Waals surface area contributed by atoms with Crippen LogP contribution in [0.3, 0.4) is 0 Å². The van der Waals surface area contributed by atoms with Crippen molar-refractivity contribution >= 4 is 11.8 Å². The Morgan fingerprint density at radius 1 is 1.19 bits per heavy atom. The molecule has 1 heterocycles. The zero-order valence-electron chi connectivity index (χ0n) is 15.9. The Balaban J connectivity index is 1.78. The van der Waals surface area contributed by atoms with Gasteiger partial charge in [0.1, 0.15) is 11.8 Å². The summed E-state index contributed by atoms with van der Waals surface area (Å²) >= 11 is 0. The first kappa shape index (κ1) is 18.9. The SMILES string of the molecule is CCCC(=O)N1[C@@H](C(=O)N(C)Cc2ccccc2)COC12CCCCC2. The predicted octanol–water partition coefficient (Wildman–Crippen LogP) is 3.33. The van der Waals surface area contributed by atoms with Crippen LogP contribution in [0.2, 0.25) is 0 Å². The van der Waals surface area contributed by atoms with Crippen molar-refractivity contribution in [3.63, 3.8) is 0 Å². The highest BCUT2D eigenvalue weighted by atomic mass is 16.5. The summed E-state index contributed by atoms with van der Waals surface area (Å²) in [6.45, 7) is 2.85. The minimum absolute atomic E-state index is 0.0271. The lowest BCUT2D eigenvalue weighted by atomic mass is 9.90. The van der Waals surface area contributed by atoms with Crippen LogP contribution >= 0.6 is 0 Å². The molecule has 1 aliphatic carbocycles. The number of hydrogen-bond acceptors (Lipinski definition) is 3. The third kappa shape index (κ3) is 3.78. The summed E-state index contributed by atoms with van der Waals surface area (Å²) in [5, 5.41) is 0. The van der Waals surface area contributed by atoms with Gasteiger partial charge in [-0.2, -0.15) is 0 Å². The fraction of sp³-hybridized carbons (Fsp3) is 0.619. The van der Waals surface area contributed by atoms with E-state index in [1.807, 2.05) is 44.3 Å². The summed E-state index contributed by atoms with van der Waals surface area (Å²) in [6, 6.07) is 9.44. The number of amides is 2. The van der Waals surface area contributed by atoms with E-state index in [2.05, 4.69) is 0 Å². The van der Waals surface area contributed by atoms with Crippen molar-refractivity contribution in [2.45, 2.75) is 70.2 Å². The molecule has 5 heteroatoms. The van der Waals surface area contributed by atoms with Crippen LogP contribution < -0.4 is 0 Å². The molecule has 2 amide bonds. The number of carbonyl (C=O) groups excluding carboxylic acids is 2. The van der Waals surface area contributed by atoms with E-state index in [4.69, 9.17) is 4.74 Å². The Bertz CT molecular complexity index is 625. The molecule has 1 spiro atoms. The van der Waals surface area contributed by atoms with E-state index < -0.39 is 11.8 Å². The van der Waals surface area contributed by atoms with Crippen LogP contribution in [0.1, 0.15) is 57.4 Å². The largest absolute Gasteiger partial charge is 0.353 e. The quantitative estimate of drug-likeness (QED) is 0.811. The molecule has 1 saturated carbocycles. The van der Waals surface area contributed by atoms with E-state index in [0.717, 1.165) is 37.7 Å². The van der Waals surface area contributed by atoms with Gasteiger partial charge in [0.2, 0.25) is 11.8 Å². The maximum atomic E-state index is 13.1. The summed E-state index contributed by atoms with van der Waals surface area (Å²) < 4.78 is 6.15. The second-order valence-electron chi connectivity index (χ2n) is 7.53. The Hall–Kier alpha value is -1.88. The van der Waals surface area contributed by atoms with Crippen molar-refractivity contribution < 1.29 is 14.3 Å². The van der Waals surface area contributed by atoms with E-state index in [9.17, 15) is 9.59 Å². The first-order valence-corrected chi connectivity index (χ1v) is 9.82. The molecule has 1 aromatic rings. The van der Waals surface area contributed by atoms with E-state index in [1.54, 1.807) is 9.80 Å². The van der Waals surface area contributed by atoms with Crippen molar-refractivity contribution in [1.29, 1.82) is 0 Å². The van der Waals surface area contributed by atoms with Crippen LogP contribution in [0.25, 0.3) is 0 Å². The third-order valence-corrected chi connectivity index (χ3v) is 5.55. The third-order valence-electron chi connectivity index (χ3n) is 5.55. The number of rotatable bonds is 5. The fourth-order valence-corrected chi connectivity index (χ4v) is 4.26. The van der Waals surface area contributed by atoms with Gasteiger partial charge >= 0.3 is 0 Å². The lowest BCUT2D eigenvalue weighted by Gasteiger charge is -2.42. The van der Waals surface area contributed by atoms with Crippen molar-refractivity contribution in [3.05, 3.63) is 35.9 Å². The summed E-state index contributed by atoms with van der Waals surface area (Å²) in [4.78, 5) is 29.6. The fourth-order valence-electron chi connectivity index (χ4n) is 4.26. The number of carbonyl (C=O) groups is 2. The van der Waals surface area contributed by atoms with Crippen LogP contribution in [-0.4, -0.2) is 47.0 Å². The lowest BCUT2D eigenvalue weighted by molar-refractivity contribution is -0.161. The second-order valence-corrected chi connectivity index (χ2v) is 7.53. The Morgan fingerprint density at radius 3 is 2.54 bits per heavy atom. The number of hydrogen-bond donors (Lipinski definition) is 0. The van der Waals surface area contributed by atoms with Crippen molar-refractivity contribution in [1.82, 2.24) is 9.80 Å². The molecule has 1 aromatic carbocycles. The van der Waals surface area contributed by atoms with Crippen LogP contribution in [0.5, 0.6) is 0 Å².